The highest BCUT2D eigenvalue weighted by atomic mass is 35.5. The molecule has 0 unspecified atom stereocenters. The van der Waals surface area contributed by atoms with Crippen LogP contribution in [-0.4, -0.2) is 5.91 Å². The number of hydrogen-bond acceptors (Lipinski definition) is 1. The van der Waals surface area contributed by atoms with E-state index in [2.05, 4.69) is 5.32 Å². The predicted molar refractivity (Wildman–Crippen MR) is 104 cm³/mol. The van der Waals surface area contributed by atoms with Crippen molar-refractivity contribution in [3.05, 3.63) is 107 Å². The fourth-order valence-electron chi connectivity index (χ4n) is 2.50. The second-order valence-corrected chi connectivity index (χ2v) is 6.08. The lowest BCUT2D eigenvalue weighted by molar-refractivity contribution is -0.115. The molecule has 0 heterocycles. The number of halogens is 1. The third-order valence-electron chi connectivity index (χ3n) is 3.81. The molecule has 0 saturated carbocycles. The molecule has 0 aliphatic heterocycles. The Bertz CT molecular complexity index is 856. The minimum Gasteiger partial charge on any atom is -0.348 e. The molecular weight excluding hydrogens is 330 g/mol. The molecule has 3 aromatic rings. The molecule has 124 valence electrons. The first-order chi connectivity index (χ1) is 12.2. The third kappa shape index (κ3) is 4.82. The van der Waals surface area contributed by atoms with Crippen LogP contribution >= 0.6 is 11.6 Å². The molecule has 0 atom stereocenters. The van der Waals surface area contributed by atoms with E-state index in [1.54, 1.807) is 12.1 Å². The van der Waals surface area contributed by atoms with E-state index in [1.165, 1.54) is 0 Å². The first kappa shape index (κ1) is 17.0. The number of benzene rings is 3. The molecule has 0 spiro atoms. The Balaban J connectivity index is 1.86. The number of carbonyl (C=O) groups is 1. The Morgan fingerprint density at radius 2 is 1.44 bits per heavy atom. The molecule has 2 nitrogen and oxygen atoms in total. The Hall–Kier alpha value is -2.84. The Labute approximate surface area is 152 Å². The largest absolute Gasteiger partial charge is 0.348 e. The van der Waals surface area contributed by atoms with Gasteiger partial charge in [-0.25, -0.2) is 0 Å². The molecule has 3 rings (SSSR count). The standard InChI is InChI=1S/C22H18ClNO/c23-20-13-11-19(12-14-20)21(15-17-7-3-1-4-8-17)22(25)24-16-18-9-5-2-6-10-18/h1-15H,16H2,(H,24,25). The smallest absolute Gasteiger partial charge is 0.252 e. The van der Waals surface area contributed by atoms with Gasteiger partial charge in [0.2, 0.25) is 0 Å². The van der Waals surface area contributed by atoms with E-state index in [1.807, 2.05) is 78.9 Å². The van der Waals surface area contributed by atoms with Crippen LogP contribution in [0.2, 0.25) is 5.02 Å². The average Bonchev–Trinajstić information content (AvgIpc) is 2.67. The number of rotatable bonds is 5. The summed E-state index contributed by atoms with van der Waals surface area (Å²) >= 11 is 5.98. The maximum Gasteiger partial charge on any atom is 0.252 e. The summed E-state index contributed by atoms with van der Waals surface area (Å²) in [6, 6.07) is 27.0. The van der Waals surface area contributed by atoms with Gasteiger partial charge in [0.15, 0.2) is 0 Å². The predicted octanol–water partition coefficient (Wildman–Crippen LogP) is 5.20. The molecule has 3 heteroatoms. The molecule has 1 N–H and O–H groups in total. The van der Waals surface area contributed by atoms with Crippen LogP contribution in [0, 0.1) is 0 Å². The zero-order chi connectivity index (χ0) is 17.5. The summed E-state index contributed by atoms with van der Waals surface area (Å²) in [5, 5.41) is 3.64. The molecule has 25 heavy (non-hydrogen) atoms. The fourth-order valence-corrected chi connectivity index (χ4v) is 2.62. The van der Waals surface area contributed by atoms with Crippen LogP contribution in [0.5, 0.6) is 0 Å². The van der Waals surface area contributed by atoms with Crippen molar-refractivity contribution in [2.45, 2.75) is 6.54 Å². The van der Waals surface area contributed by atoms with Crippen LogP contribution in [0.3, 0.4) is 0 Å². The maximum absolute atomic E-state index is 12.8. The quantitative estimate of drug-likeness (QED) is 0.499. The average molecular weight is 348 g/mol. The van der Waals surface area contributed by atoms with E-state index in [9.17, 15) is 4.79 Å². The number of carbonyl (C=O) groups excluding carboxylic acids is 1. The van der Waals surface area contributed by atoms with E-state index in [4.69, 9.17) is 11.6 Å². The molecule has 0 aliphatic carbocycles. The molecule has 0 bridgehead atoms. The van der Waals surface area contributed by atoms with Gasteiger partial charge in [0.05, 0.1) is 0 Å². The van der Waals surface area contributed by atoms with E-state index in [-0.39, 0.29) is 5.91 Å². The Morgan fingerprint density at radius 1 is 0.840 bits per heavy atom. The summed E-state index contributed by atoms with van der Waals surface area (Å²) in [7, 11) is 0. The van der Waals surface area contributed by atoms with E-state index in [0.717, 1.165) is 16.7 Å². The van der Waals surface area contributed by atoms with Gasteiger partial charge in [-0.2, -0.15) is 0 Å². The maximum atomic E-state index is 12.8. The van der Waals surface area contributed by atoms with Crippen LogP contribution in [0.15, 0.2) is 84.9 Å². The van der Waals surface area contributed by atoms with Crippen LogP contribution in [0.4, 0.5) is 0 Å². The van der Waals surface area contributed by atoms with Crippen molar-refractivity contribution in [3.63, 3.8) is 0 Å². The first-order valence-electron chi connectivity index (χ1n) is 8.07. The summed E-state index contributed by atoms with van der Waals surface area (Å²) in [6.45, 7) is 0.486. The van der Waals surface area contributed by atoms with Gasteiger partial charge in [-0.15, -0.1) is 0 Å². The summed E-state index contributed by atoms with van der Waals surface area (Å²) in [5.41, 5.74) is 3.48. The van der Waals surface area contributed by atoms with Crippen molar-refractivity contribution in [1.82, 2.24) is 5.32 Å². The summed E-state index contributed by atoms with van der Waals surface area (Å²) in [5.74, 6) is -0.116. The number of hydrogen-bond donors (Lipinski definition) is 1. The van der Waals surface area contributed by atoms with Gasteiger partial charge in [-0.05, 0) is 34.9 Å². The highest BCUT2D eigenvalue weighted by Gasteiger charge is 2.12. The van der Waals surface area contributed by atoms with E-state index >= 15 is 0 Å². The third-order valence-corrected chi connectivity index (χ3v) is 4.06. The van der Waals surface area contributed by atoms with Crippen LogP contribution < -0.4 is 5.32 Å². The molecule has 0 saturated heterocycles. The first-order valence-corrected chi connectivity index (χ1v) is 8.45. The minimum absolute atomic E-state index is 0.116. The summed E-state index contributed by atoms with van der Waals surface area (Å²) in [6.07, 6.45) is 1.89. The summed E-state index contributed by atoms with van der Waals surface area (Å²) < 4.78 is 0. The lowest BCUT2D eigenvalue weighted by Crippen LogP contribution is -2.23. The van der Waals surface area contributed by atoms with E-state index in [0.29, 0.717) is 17.1 Å². The lowest BCUT2D eigenvalue weighted by Gasteiger charge is -2.10. The minimum atomic E-state index is -0.116. The van der Waals surface area contributed by atoms with Crippen molar-refractivity contribution >= 4 is 29.2 Å². The highest BCUT2D eigenvalue weighted by molar-refractivity contribution is 6.31. The van der Waals surface area contributed by atoms with E-state index < -0.39 is 0 Å². The SMILES string of the molecule is O=C(NCc1ccccc1)C(=Cc1ccccc1)c1ccc(Cl)cc1. The van der Waals surface area contributed by atoms with Gasteiger partial charge in [0, 0.05) is 17.1 Å². The van der Waals surface area contributed by atoms with Crippen molar-refractivity contribution in [3.8, 4) is 0 Å². The normalized spacial score (nSPS) is 11.2. The molecule has 0 radical (unpaired) electrons. The van der Waals surface area contributed by atoms with Gasteiger partial charge in [-0.1, -0.05) is 84.4 Å². The topological polar surface area (TPSA) is 29.1 Å². The molecule has 1 amide bonds. The number of nitrogens with one attached hydrogen (secondary N) is 1. The van der Waals surface area contributed by atoms with Crippen molar-refractivity contribution in [2.75, 3.05) is 0 Å². The van der Waals surface area contributed by atoms with Crippen LogP contribution in [0.25, 0.3) is 11.6 Å². The van der Waals surface area contributed by atoms with Crippen molar-refractivity contribution in [2.24, 2.45) is 0 Å². The summed E-state index contributed by atoms with van der Waals surface area (Å²) in [4.78, 5) is 12.8. The number of amides is 1. The zero-order valence-electron chi connectivity index (χ0n) is 13.7. The molecule has 3 aromatic carbocycles. The fraction of sp³-hybridized carbons (Fsp3) is 0.0455. The molecule has 0 aliphatic rings. The molecular formula is C22H18ClNO. The van der Waals surface area contributed by atoms with Gasteiger partial charge in [0.1, 0.15) is 0 Å². The van der Waals surface area contributed by atoms with Gasteiger partial charge in [-0.3, -0.25) is 4.79 Å². The Morgan fingerprint density at radius 3 is 2.08 bits per heavy atom. The molecule has 0 fully saturated rings. The van der Waals surface area contributed by atoms with Gasteiger partial charge >= 0.3 is 0 Å². The molecule has 0 aromatic heterocycles. The van der Waals surface area contributed by atoms with Crippen LogP contribution in [-0.2, 0) is 11.3 Å². The Kier molecular flexibility index (Phi) is 5.65. The van der Waals surface area contributed by atoms with Crippen molar-refractivity contribution in [1.29, 1.82) is 0 Å². The zero-order valence-corrected chi connectivity index (χ0v) is 14.4. The highest BCUT2D eigenvalue weighted by Crippen LogP contribution is 2.21. The second kappa shape index (κ2) is 8.32. The van der Waals surface area contributed by atoms with Gasteiger partial charge in [0.25, 0.3) is 5.91 Å². The van der Waals surface area contributed by atoms with Crippen LogP contribution in [0.1, 0.15) is 16.7 Å². The lowest BCUT2D eigenvalue weighted by atomic mass is 10.0. The van der Waals surface area contributed by atoms with Gasteiger partial charge < -0.3 is 5.32 Å². The van der Waals surface area contributed by atoms with Crippen molar-refractivity contribution < 1.29 is 4.79 Å². The monoisotopic (exact) mass is 347 g/mol. The second-order valence-electron chi connectivity index (χ2n) is 5.64.